The first kappa shape index (κ1) is 15.5. The molecule has 2 aromatic rings. The van der Waals surface area contributed by atoms with Crippen LogP contribution in [0.1, 0.15) is 37.4 Å². The predicted octanol–water partition coefficient (Wildman–Crippen LogP) is 3.43. The Bertz CT molecular complexity index is 572. The van der Waals surface area contributed by atoms with Crippen LogP contribution in [0.2, 0.25) is 0 Å². The van der Waals surface area contributed by atoms with Gasteiger partial charge in [-0.1, -0.05) is 31.2 Å². The molecule has 1 unspecified atom stereocenters. The number of rotatable bonds is 7. The highest BCUT2D eigenvalue weighted by molar-refractivity contribution is 5.38. The van der Waals surface area contributed by atoms with E-state index in [-0.39, 0.29) is 12.6 Å². The van der Waals surface area contributed by atoms with E-state index in [4.69, 9.17) is 4.74 Å². The van der Waals surface area contributed by atoms with E-state index in [0.717, 1.165) is 24.1 Å². The summed E-state index contributed by atoms with van der Waals surface area (Å²) < 4.78 is 5.92. The van der Waals surface area contributed by atoms with Gasteiger partial charge in [0, 0.05) is 23.4 Å². The molecule has 1 aromatic carbocycles. The average molecular weight is 286 g/mol. The van der Waals surface area contributed by atoms with Crippen molar-refractivity contribution < 1.29 is 9.84 Å². The molecule has 1 atom stereocenters. The van der Waals surface area contributed by atoms with Gasteiger partial charge in [0.1, 0.15) is 5.75 Å². The van der Waals surface area contributed by atoms with Gasteiger partial charge in [-0.3, -0.25) is 0 Å². The summed E-state index contributed by atoms with van der Waals surface area (Å²) in [5, 5.41) is 12.8. The second kappa shape index (κ2) is 7.76. The minimum atomic E-state index is -0.0536. The van der Waals surface area contributed by atoms with E-state index in [1.165, 1.54) is 0 Å². The lowest BCUT2D eigenvalue weighted by molar-refractivity contribution is 0.276. The molecule has 2 N–H and O–H groups in total. The van der Waals surface area contributed by atoms with Crippen LogP contribution in [0.5, 0.6) is 11.6 Å². The molecule has 112 valence electrons. The van der Waals surface area contributed by atoms with Crippen molar-refractivity contribution in [1.29, 1.82) is 0 Å². The van der Waals surface area contributed by atoms with E-state index in [9.17, 15) is 5.11 Å². The van der Waals surface area contributed by atoms with Crippen molar-refractivity contribution in [1.82, 2.24) is 10.3 Å². The van der Waals surface area contributed by atoms with Crippen LogP contribution in [0.4, 0.5) is 0 Å². The molecular weight excluding hydrogens is 264 g/mol. The Morgan fingerprint density at radius 1 is 1.24 bits per heavy atom. The number of aromatic nitrogens is 1. The van der Waals surface area contributed by atoms with Gasteiger partial charge in [0.2, 0.25) is 5.88 Å². The number of nitrogens with one attached hydrogen (secondary N) is 1. The average Bonchev–Trinajstić information content (AvgIpc) is 2.53. The third-order valence-electron chi connectivity index (χ3n) is 3.32. The Morgan fingerprint density at radius 2 is 2.05 bits per heavy atom. The number of aliphatic hydroxyl groups is 1. The van der Waals surface area contributed by atoms with Crippen LogP contribution < -0.4 is 10.1 Å². The van der Waals surface area contributed by atoms with Gasteiger partial charge in [-0.05, 0) is 32.0 Å². The first-order valence-electron chi connectivity index (χ1n) is 7.31. The number of pyridine rings is 1. The van der Waals surface area contributed by atoms with Crippen molar-refractivity contribution in [2.24, 2.45) is 0 Å². The first-order valence-corrected chi connectivity index (χ1v) is 7.31. The van der Waals surface area contributed by atoms with E-state index in [1.807, 2.05) is 36.4 Å². The van der Waals surface area contributed by atoms with Crippen LogP contribution in [0.3, 0.4) is 0 Å². The van der Waals surface area contributed by atoms with Gasteiger partial charge in [-0.15, -0.1) is 0 Å². The molecule has 0 aliphatic rings. The molecule has 0 bridgehead atoms. The Labute approximate surface area is 125 Å². The summed E-state index contributed by atoms with van der Waals surface area (Å²) in [5.74, 6) is 1.22. The number of aliphatic hydroxyl groups excluding tert-OH is 1. The molecule has 1 aromatic heterocycles. The SMILES string of the molecule is CCCNC(C)c1cccnc1Oc1ccccc1CO. The Kier molecular flexibility index (Phi) is 5.72. The predicted molar refractivity (Wildman–Crippen MR) is 83.4 cm³/mol. The zero-order chi connectivity index (χ0) is 15.1. The van der Waals surface area contributed by atoms with Crippen LogP contribution in [-0.4, -0.2) is 16.6 Å². The summed E-state index contributed by atoms with van der Waals surface area (Å²) in [6.45, 7) is 5.13. The second-order valence-electron chi connectivity index (χ2n) is 4.94. The molecular formula is C17H22N2O2. The zero-order valence-corrected chi connectivity index (χ0v) is 12.5. The fourth-order valence-corrected chi connectivity index (χ4v) is 2.13. The molecule has 2 rings (SSSR count). The van der Waals surface area contributed by atoms with Crippen molar-refractivity contribution in [2.75, 3.05) is 6.54 Å². The third kappa shape index (κ3) is 4.03. The van der Waals surface area contributed by atoms with Crippen molar-refractivity contribution >= 4 is 0 Å². The summed E-state index contributed by atoms with van der Waals surface area (Å²) in [5.41, 5.74) is 1.77. The van der Waals surface area contributed by atoms with Gasteiger partial charge < -0.3 is 15.2 Å². The van der Waals surface area contributed by atoms with E-state index in [0.29, 0.717) is 11.6 Å². The third-order valence-corrected chi connectivity index (χ3v) is 3.32. The standard InChI is InChI=1S/C17H22N2O2/c1-3-10-18-13(2)15-8-6-11-19-17(15)21-16-9-5-4-7-14(16)12-20/h4-9,11,13,18,20H,3,10,12H2,1-2H3. The molecule has 4 nitrogen and oxygen atoms in total. The van der Waals surface area contributed by atoms with Crippen LogP contribution in [0.15, 0.2) is 42.6 Å². The van der Waals surface area contributed by atoms with E-state index >= 15 is 0 Å². The van der Waals surface area contributed by atoms with E-state index in [1.54, 1.807) is 6.20 Å². The zero-order valence-electron chi connectivity index (χ0n) is 12.5. The van der Waals surface area contributed by atoms with E-state index in [2.05, 4.69) is 24.1 Å². The summed E-state index contributed by atoms with van der Waals surface area (Å²) in [6, 6.07) is 11.5. The van der Waals surface area contributed by atoms with Crippen LogP contribution in [0.25, 0.3) is 0 Å². The molecule has 1 heterocycles. The minimum absolute atomic E-state index is 0.0536. The number of nitrogens with zero attached hydrogens (tertiary/aromatic N) is 1. The fourth-order valence-electron chi connectivity index (χ4n) is 2.13. The maximum absolute atomic E-state index is 9.38. The lowest BCUT2D eigenvalue weighted by atomic mass is 10.1. The molecule has 4 heteroatoms. The van der Waals surface area contributed by atoms with Crippen molar-refractivity contribution in [3.8, 4) is 11.6 Å². The number of para-hydroxylation sites is 1. The summed E-state index contributed by atoms with van der Waals surface area (Å²) in [6.07, 6.45) is 2.79. The van der Waals surface area contributed by atoms with E-state index < -0.39 is 0 Å². The lowest BCUT2D eigenvalue weighted by Crippen LogP contribution is -2.20. The van der Waals surface area contributed by atoms with Crippen LogP contribution >= 0.6 is 0 Å². The number of hydrogen-bond donors (Lipinski definition) is 2. The monoisotopic (exact) mass is 286 g/mol. The molecule has 0 spiro atoms. The minimum Gasteiger partial charge on any atom is -0.438 e. The summed E-state index contributed by atoms with van der Waals surface area (Å²) in [7, 11) is 0. The molecule has 0 aliphatic carbocycles. The number of hydrogen-bond acceptors (Lipinski definition) is 4. The fraction of sp³-hybridized carbons (Fsp3) is 0.353. The Hall–Kier alpha value is -1.91. The molecule has 0 aliphatic heterocycles. The highest BCUT2D eigenvalue weighted by Gasteiger charge is 2.13. The topological polar surface area (TPSA) is 54.4 Å². The van der Waals surface area contributed by atoms with Gasteiger partial charge in [0.05, 0.1) is 6.61 Å². The van der Waals surface area contributed by atoms with Gasteiger partial charge in [0.15, 0.2) is 0 Å². The maximum Gasteiger partial charge on any atom is 0.223 e. The number of benzene rings is 1. The van der Waals surface area contributed by atoms with Crippen LogP contribution in [0, 0.1) is 0 Å². The highest BCUT2D eigenvalue weighted by atomic mass is 16.5. The largest absolute Gasteiger partial charge is 0.438 e. The molecule has 0 fully saturated rings. The smallest absolute Gasteiger partial charge is 0.223 e. The van der Waals surface area contributed by atoms with Crippen molar-refractivity contribution in [3.63, 3.8) is 0 Å². The highest BCUT2D eigenvalue weighted by Crippen LogP contribution is 2.29. The van der Waals surface area contributed by atoms with Gasteiger partial charge in [-0.2, -0.15) is 0 Å². The molecule has 0 saturated heterocycles. The van der Waals surface area contributed by atoms with Gasteiger partial charge in [-0.25, -0.2) is 4.98 Å². The quantitative estimate of drug-likeness (QED) is 0.819. The first-order chi connectivity index (χ1) is 10.3. The Morgan fingerprint density at radius 3 is 2.81 bits per heavy atom. The van der Waals surface area contributed by atoms with Gasteiger partial charge in [0.25, 0.3) is 0 Å². The molecule has 0 radical (unpaired) electrons. The molecule has 0 saturated carbocycles. The summed E-state index contributed by atoms with van der Waals surface area (Å²) in [4.78, 5) is 4.33. The molecule has 21 heavy (non-hydrogen) atoms. The normalized spacial score (nSPS) is 12.1. The molecule has 0 amide bonds. The Balaban J connectivity index is 2.24. The number of ether oxygens (including phenoxy) is 1. The van der Waals surface area contributed by atoms with Crippen molar-refractivity contribution in [3.05, 3.63) is 53.7 Å². The van der Waals surface area contributed by atoms with Crippen molar-refractivity contribution in [2.45, 2.75) is 32.9 Å². The lowest BCUT2D eigenvalue weighted by Gasteiger charge is -2.17. The van der Waals surface area contributed by atoms with Crippen LogP contribution in [-0.2, 0) is 6.61 Å². The second-order valence-corrected chi connectivity index (χ2v) is 4.94. The van der Waals surface area contributed by atoms with Gasteiger partial charge >= 0.3 is 0 Å². The summed E-state index contributed by atoms with van der Waals surface area (Å²) >= 11 is 0. The maximum atomic E-state index is 9.38.